The lowest BCUT2D eigenvalue weighted by Crippen LogP contribution is -2.39. The molecule has 0 heterocycles. The van der Waals surface area contributed by atoms with Crippen LogP contribution in [0.15, 0.2) is 109 Å². The first-order valence-electron chi connectivity index (χ1n) is 14.7. The van der Waals surface area contributed by atoms with Crippen LogP contribution in [0.4, 0.5) is 24.5 Å². The van der Waals surface area contributed by atoms with Crippen LogP contribution in [0.5, 0.6) is 5.75 Å². The molecular weight excluding hydrogens is 652 g/mol. The molecule has 0 fully saturated rings. The first-order valence-corrected chi connectivity index (χ1v) is 17.4. The molecule has 0 radical (unpaired) electrons. The zero-order valence-electron chi connectivity index (χ0n) is 25.7. The van der Waals surface area contributed by atoms with Crippen LogP contribution < -0.4 is 19.1 Å². The number of aliphatic hydroxyl groups is 1. The maximum atomic E-state index is 13.5. The van der Waals surface area contributed by atoms with Gasteiger partial charge in [0.2, 0.25) is 10.0 Å². The van der Waals surface area contributed by atoms with Gasteiger partial charge < -0.3 is 15.2 Å². The highest BCUT2D eigenvalue weighted by molar-refractivity contribution is 7.98. The monoisotopic (exact) mass is 687 g/mol. The van der Waals surface area contributed by atoms with Gasteiger partial charge in [0.1, 0.15) is 5.75 Å². The van der Waals surface area contributed by atoms with E-state index in [2.05, 4.69) is 14.8 Å². The molecule has 4 aromatic carbocycles. The van der Waals surface area contributed by atoms with Crippen LogP contribution in [0.2, 0.25) is 0 Å². The Labute approximate surface area is 277 Å². The third-order valence-electron chi connectivity index (χ3n) is 7.25. The number of sulfonamides is 1. The first-order chi connectivity index (χ1) is 22.3. The van der Waals surface area contributed by atoms with Gasteiger partial charge >= 0.3 is 6.36 Å². The molecule has 13 heteroatoms. The van der Waals surface area contributed by atoms with Crippen LogP contribution in [0.3, 0.4) is 0 Å². The smallest absolute Gasteiger partial charge is 0.406 e. The fourth-order valence-electron chi connectivity index (χ4n) is 5.07. The third kappa shape index (κ3) is 10.7. The van der Waals surface area contributed by atoms with Crippen molar-refractivity contribution in [3.8, 4) is 5.75 Å². The molecule has 250 valence electrons. The van der Waals surface area contributed by atoms with Crippen LogP contribution in [-0.2, 0) is 23.0 Å². The summed E-state index contributed by atoms with van der Waals surface area (Å²) >= 11 is 1.12. The second-order valence-corrected chi connectivity index (χ2v) is 13.9. The molecule has 0 saturated carbocycles. The molecule has 4 rings (SSSR count). The SMILES string of the molecule is CC(SNC(=O)c1ccccc1N(c1ccccc1)S(C)(=O)=O)[C@@H](Cc1ccccc1)[C@@H](O)CNCc1cccc(OC(F)(F)F)c1. The molecule has 47 heavy (non-hydrogen) atoms. The van der Waals surface area contributed by atoms with Crippen molar-refractivity contribution in [3.05, 3.63) is 126 Å². The number of hydrogen-bond donors (Lipinski definition) is 3. The van der Waals surface area contributed by atoms with Gasteiger partial charge in [-0.3, -0.25) is 9.52 Å². The van der Waals surface area contributed by atoms with E-state index in [4.69, 9.17) is 0 Å². The quantitative estimate of drug-likeness (QED) is 0.123. The highest BCUT2D eigenvalue weighted by Crippen LogP contribution is 2.32. The minimum atomic E-state index is -4.80. The van der Waals surface area contributed by atoms with Gasteiger partial charge in [0.25, 0.3) is 5.91 Å². The van der Waals surface area contributed by atoms with Gasteiger partial charge in [-0.15, -0.1) is 13.2 Å². The maximum absolute atomic E-state index is 13.5. The van der Waals surface area contributed by atoms with E-state index in [1.165, 1.54) is 18.2 Å². The van der Waals surface area contributed by atoms with Crippen molar-refractivity contribution >= 4 is 39.3 Å². The highest BCUT2D eigenvalue weighted by atomic mass is 32.2. The number of para-hydroxylation sites is 2. The van der Waals surface area contributed by atoms with Crippen LogP contribution in [0, 0.1) is 5.92 Å². The summed E-state index contributed by atoms with van der Waals surface area (Å²) in [6, 6.07) is 30.0. The van der Waals surface area contributed by atoms with Gasteiger partial charge in [-0.2, -0.15) is 0 Å². The van der Waals surface area contributed by atoms with E-state index in [-0.39, 0.29) is 41.3 Å². The predicted molar refractivity (Wildman–Crippen MR) is 179 cm³/mol. The van der Waals surface area contributed by atoms with Gasteiger partial charge in [-0.1, -0.05) is 79.7 Å². The maximum Gasteiger partial charge on any atom is 0.573 e. The van der Waals surface area contributed by atoms with Crippen molar-refractivity contribution in [1.82, 2.24) is 10.0 Å². The highest BCUT2D eigenvalue weighted by Gasteiger charge is 2.31. The summed E-state index contributed by atoms with van der Waals surface area (Å²) in [6.45, 7) is 2.19. The number of ether oxygens (including phenoxy) is 1. The molecule has 0 bridgehead atoms. The number of hydrogen-bond acceptors (Lipinski definition) is 7. The minimum Gasteiger partial charge on any atom is -0.406 e. The lowest BCUT2D eigenvalue weighted by molar-refractivity contribution is -0.274. The lowest BCUT2D eigenvalue weighted by Gasteiger charge is -2.29. The molecule has 3 atom stereocenters. The number of anilines is 2. The van der Waals surface area contributed by atoms with Gasteiger partial charge in [0, 0.05) is 24.3 Å². The molecule has 1 unspecified atom stereocenters. The number of rotatable bonds is 15. The summed E-state index contributed by atoms with van der Waals surface area (Å²) in [5.41, 5.74) is 2.26. The fourth-order valence-corrected chi connectivity index (χ4v) is 6.95. The van der Waals surface area contributed by atoms with Gasteiger partial charge in [0.05, 0.1) is 29.3 Å². The third-order valence-corrected chi connectivity index (χ3v) is 9.35. The molecule has 1 amide bonds. The number of carbonyl (C=O) groups is 1. The zero-order chi connectivity index (χ0) is 34.0. The van der Waals surface area contributed by atoms with Gasteiger partial charge in [-0.25, -0.2) is 12.7 Å². The Bertz CT molecular complexity index is 1710. The Hall–Kier alpha value is -4.04. The topological polar surface area (TPSA) is 108 Å². The zero-order valence-corrected chi connectivity index (χ0v) is 27.4. The molecule has 4 aromatic rings. The first kappa shape index (κ1) is 35.8. The van der Waals surface area contributed by atoms with Crippen molar-refractivity contribution in [2.45, 2.75) is 37.6 Å². The van der Waals surface area contributed by atoms with Crippen molar-refractivity contribution in [3.63, 3.8) is 0 Å². The Morgan fingerprint density at radius 2 is 1.53 bits per heavy atom. The molecule has 0 aliphatic heterocycles. The lowest BCUT2D eigenvalue weighted by atomic mass is 9.91. The summed E-state index contributed by atoms with van der Waals surface area (Å²) in [7, 11) is -3.81. The van der Waals surface area contributed by atoms with E-state index in [1.54, 1.807) is 60.7 Å². The summed E-state index contributed by atoms with van der Waals surface area (Å²) in [6.07, 6.45) is -4.14. The number of alkyl halides is 3. The second kappa shape index (κ2) is 16.2. The van der Waals surface area contributed by atoms with E-state index >= 15 is 0 Å². The van der Waals surface area contributed by atoms with Crippen LogP contribution in [-0.4, -0.2) is 49.9 Å². The largest absolute Gasteiger partial charge is 0.573 e. The normalized spacial score (nSPS) is 13.7. The molecule has 0 spiro atoms. The Kier molecular flexibility index (Phi) is 12.3. The van der Waals surface area contributed by atoms with E-state index in [0.29, 0.717) is 17.7 Å². The minimum absolute atomic E-state index is 0.129. The molecular formula is C34H36F3N3O5S2. The summed E-state index contributed by atoms with van der Waals surface area (Å²) in [5.74, 6) is -1.19. The average molecular weight is 688 g/mol. The van der Waals surface area contributed by atoms with E-state index < -0.39 is 28.4 Å². The van der Waals surface area contributed by atoms with Crippen molar-refractivity contribution < 1.29 is 36.2 Å². The van der Waals surface area contributed by atoms with Crippen LogP contribution in [0.1, 0.15) is 28.4 Å². The molecule has 0 aliphatic rings. The molecule has 0 aliphatic carbocycles. The van der Waals surface area contributed by atoms with E-state index in [9.17, 15) is 31.5 Å². The number of benzene rings is 4. The molecule has 0 saturated heterocycles. The Morgan fingerprint density at radius 3 is 2.19 bits per heavy atom. The number of nitrogens with one attached hydrogen (secondary N) is 2. The number of aliphatic hydroxyl groups excluding tert-OH is 1. The summed E-state index contributed by atoms with van der Waals surface area (Å²) < 4.78 is 71.6. The van der Waals surface area contributed by atoms with Crippen molar-refractivity contribution in [1.29, 1.82) is 0 Å². The summed E-state index contributed by atoms with van der Waals surface area (Å²) in [4.78, 5) is 13.5. The molecule has 8 nitrogen and oxygen atoms in total. The number of amides is 1. The standard InChI is InChI=1S/C34H36F3N3O5S2/c1-24(46-39-33(42)29-18-9-10-19-31(29)40(47(2,43)44)27-15-7-4-8-16-27)30(21-25-12-5-3-6-13-25)32(41)23-38-22-26-14-11-17-28(20-26)45-34(35,36)37/h3-20,24,30,32,38,41H,21-23H2,1-2H3,(H,39,42)/t24?,30-,32+/m1/s1. The van der Waals surface area contributed by atoms with Gasteiger partial charge in [-0.05, 0) is 65.9 Å². The van der Waals surface area contributed by atoms with Crippen LogP contribution >= 0.6 is 11.9 Å². The van der Waals surface area contributed by atoms with E-state index in [0.717, 1.165) is 28.1 Å². The number of carbonyl (C=O) groups excluding carboxylic acids is 1. The predicted octanol–water partition coefficient (Wildman–Crippen LogP) is 6.46. The van der Waals surface area contributed by atoms with Gasteiger partial charge in [0.15, 0.2) is 0 Å². The average Bonchev–Trinajstić information content (AvgIpc) is 3.02. The summed E-state index contributed by atoms with van der Waals surface area (Å²) in [5, 5.41) is 14.1. The number of nitrogens with zero attached hydrogens (tertiary/aromatic N) is 1. The molecule has 0 aromatic heterocycles. The Balaban J connectivity index is 1.46. The Morgan fingerprint density at radius 1 is 0.915 bits per heavy atom. The van der Waals surface area contributed by atoms with Crippen molar-refractivity contribution in [2.75, 3.05) is 17.1 Å². The fraction of sp³-hybridized carbons (Fsp3) is 0.265. The van der Waals surface area contributed by atoms with E-state index in [1.807, 2.05) is 37.3 Å². The molecule has 3 N–H and O–H groups in total. The van der Waals surface area contributed by atoms with Crippen LogP contribution in [0.25, 0.3) is 0 Å². The number of halogens is 3. The van der Waals surface area contributed by atoms with Crippen molar-refractivity contribution in [2.24, 2.45) is 5.92 Å². The second-order valence-electron chi connectivity index (χ2n) is 10.9.